The SMILES string of the molecule is Cc1ccc(F)c(-c2nnc(CCC(=O)O)o2)c1. The van der Waals surface area contributed by atoms with Crippen molar-refractivity contribution in [1.82, 2.24) is 10.2 Å². The minimum Gasteiger partial charge on any atom is -0.481 e. The first-order valence-corrected chi connectivity index (χ1v) is 5.37. The maximum Gasteiger partial charge on any atom is 0.303 e. The maximum absolute atomic E-state index is 13.6. The standard InChI is InChI=1S/C12H11FN2O3/c1-7-2-3-9(13)8(6-7)12-15-14-10(18-12)4-5-11(16)17/h2-3,6H,4-5H2,1H3,(H,16,17). The van der Waals surface area contributed by atoms with E-state index in [-0.39, 0.29) is 30.2 Å². The number of benzene rings is 1. The molecule has 2 rings (SSSR count). The van der Waals surface area contributed by atoms with Crippen molar-refractivity contribution in [2.45, 2.75) is 19.8 Å². The van der Waals surface area contributed by atoms with Gasteiger partial charge in [-0.15, -0.1) is 10.2 Å². The summed E-state index contributed by atoms with van der Waals surface area (Å²) in [4.78, 5) is 10.4. The van der Waals surface area contributed by atoms with Gasteiger partial charge in [0.25, 0.3) is 5.89 Å². The van der Waals surface area contributed by atoms with E-state index in [9.17, 15) is 9.18 Å². The first-order valence-electron chi connectivity index (χ1n) is 5.37. The molecular formula is C12H11FN2O3. The zero-order valence-electron chi connectivity index (χ0n) is 9.68. The van der Waals surface area contributed by atoms with Crippen molar-refractivity contribution >= 4 is 5.97 Å². The lowest BCUT2D eigenvalue weighted by Gasteiger charge is -1.98. The van der Waals surface area contributed by atoms with Gasteiger partial charge in [0.05, 0.1) is 12.0 Å². The summed E-state index contributed by atoms with van der Waals surface area (Å²) in [5.41, 5.74) is 1.10. The molecule has 2 aromatic rings. The number of carbonyl (C=O) groups is 1. The summed E-state index contributed by atoms with van der Waals surface area (Å²) in [6.07, 6.45) is 0.0354. The fourth-order valence-corrected chi connectivity index (χ4v) is 1.48. The molecule has 1 N–H and O–H groups in total. The molecule has 94 valence electrons. The van der Waals surface area contributed by atoms with Gasteiger partial charge in [-0.3, -0.25) is 4.79 Å². The van der Waals surface area contributed by atoms with E-state index in [0.717, 1.165) is 5.56 Å². The van der Waals surface area contributed by atoms with E-state index in [1.54, 1.807) is 12.1 Å². The minimum atomic E-state index is -0.948. The monoisotopic (exact) mass is 250 g/mol. The summed E-state index contributed by atoms with van der Waals surface area (Å²) in [7, 11) is 0. The molecule has 0 atom stereocenters. The Morgan fingerprint density at radius 3 is 2.94 bits per heavy atom. The zero-order valence-corrected chi connectivity index (χ0v) is 9.68. The fraction of sp³-hybridized carbons (Fsp3) is 0.250. The number of aryl methyl sites for hydroxylation is 2. The first kappa shape index (κ1) is 12.2. The largest absolute Gasteiger partial charge is 0.481 e. The van der Waals surface area contributed by atoms with Crippen molar-refractivity contribution in [2.75, 3.05) is 0 Å². The van der Waals surface area contributed by atoms with Gasteiger partial charge in [-0.05, 0) is 19.1 Å². The van der Waals surface area contributed by atoms with Crippen LogP contribution in [0.3, 0.4) is 0 Å². The van der Waals surface area contributed by atoms with E-state index in [1.807, 2.05) is 6.92 Å². The van der Waals surface area contributed by atoms with Crippen LogP contribution < -0.4 is 0 Å². The van der Waals surface area contributed by atoms with Crippen LogP contribution >= 0.6 is 0 Å². The van der Waals surface area contributed by atoms with E-state index in [0.29, 0.717) is 0 Å². The average molecular weight is 250 g/mol. The number of rotatable bonds is 4. The molecular weight excluding hydrogens is 239 g/mol. The van der Waals surface area contributed by atoms with Crippen LogP contribution in [0.1, 0.15) is 17.9 Å². The molecule has 0 fully saturated rings. The molecule has 5 nitrogen and oxygen atoms in total. The van der Waals surface area contributed by atoms with E-state index in [1.165, 1.54) is 6.07 Å². The van der Waals surface area contributed by atoms with Crippen molar-refractivity contribution in [2.24, 2.45) is 0 Å². The van der Waals surface area contributed by atoms with E-state index < -0.39 is 11.8 Å². The molecule has 0 radical (unpaired) electrons. The highest BCUT2D eigenvalue weighted by Crippen LogP contribution is 2.22. The average Bonchev–Trinajstić information content (AvgIpc) is 2.78. The summed E-state index contributed by atoms with van der Waals surface area (Å²) in [6, 6.07) is 4.57. The number of carboxylic acid groups (broad SMARTS) is 1. The molecule has 0 spiro atoms. The first-order chi connectivity index (χ1) is 8.56. The van der Waals surface area contributed by atoms with Gasteiger partial charge in [-0.1, -0.05) is 11.6 Å². The molecule has 0 saturated carbocycles. The van der Waals surface area contributed by atoms with Crippen LogP contribution in [0, 0.1) is 12.7 Å². The van der Waals surface area contributed by atoms with E-state index in [4.69, 9.17) is 9.52 Å². The Hall–Kier alpha value is -2.24. The minimum absolute atomic E-state index is 0.0663. The van der Waals surface area contributed by atoms with Gasteiger partial charge in [0, 0.05) is 6.42 Å². The highest BCUT2D eigenvalue weighted by Gasteiger charge is 2.13. The van der Waals surface area contributed by atoms with Gasteiger partial charge in [-0.2, -0.15) is 0 Å². The van der Waals surface area contributed by atoms with Crippen LogP contribution in [0.25, 0.3) is 11.5 Å². The van der Waals surface area contributed by atoms with Crippen molar-refractivity contribution in [1.29, 1.82) is 0 Å². The molecule has 0 saturated heterocycles. The third-order valence-corrected chi connectivity index (χ3v) is 2.37. The number of carboxylic acids is 1. The smallest absolute Gasteiger partial charge is 0.303 e. The number of aromatic nitrogens is 2. The second-order valence-corrected chi connectivity index (χ2v) is 3.88. The van der Waals surface area contributed by atoms with Gasteiger partial charge in [-0.25, -0.2) is 4.39 Å². The Balaban J connectivity index is 2.23. The van der Waals surface area contributed by atoms with E-state index in [2.05, 4.69) is 10.2 Å². The van der Waals surface area contributed by atoms with Gasteiger partial charge in [0.1, 0.15) is 5.82 Å². The molecule has 6 heteroatoms. The van der Waals surface area contributed by atoms with Crippen molar-refractivity contribution in [3.8, 4) is 11.5 Å². The number of halogens is 1. The molecule has 0 amide bonds. The van der Waals surface area contributed by atoms with Gasteiger partial charge < -0.3 is 9.52 Å². The van der Waals surface area contributed by atoms with Crippen molar-refractivity contribution in [3.63, 3.8) is 0 Å². The Morgan fingerprint density at radius 1 is 1.44 bits per heavy atom. The Morgan fingerprint density at radius 2 is 2.22 bits per heavy atom. The second-order valence-electron chi connectivity index (χ2n) is 3.88. The molecule has 1 heterocycles. The lowest BCUT2D eigenvalue weighted by Crippen LogP contribution is -1.97. The lowest BCUT2D eigenvalue weighted by atomic mass is 10.1. The van der Waals surface area contributed by atoms with Crippen LogP contribution in [-0.2, 0) is 11.2 Å². The quantitative estimate of drug-likeness (QED) is 0.900. The van der Waals surface area contributed by atoms with Crippen LogP contribution in [0.2, 0.25) is 0 Å². The summed E-state index contributed by atoms with van der Waals surface area (Å²) < 4.78 is 18.8. The molecule has 0 aliphatic heterocycles. The third kappa shape index (κ3) is 2.71. The van der Waals surface area contributed by atoms with Gasteiger partial charge in [0.15, 0.2) is 0 Å². The summed E-state index contributed by atoms with van der Waals surface area (Å²) >= 11 is 0. The highest BCUT2D eigenvalue weighted by molar-refractivity contribution is 5.66. The number of hydrogen-bond acceptors (Lipinski definition) is 4. The normalized spacial score (nSPS) is 10.6. The number of aliphatic carboxylic acids is 1. The Labute approximate surface area is 102 Å². The zero-order chi connectivity index (χ0) is 13.1. The van der Waals surface area contributed by atoms with Crippen LogP contribution in [0.15, 0.2) is 22.6 Å². The van der Waals surface area contributed by atoms with Gasteiger partial charge >= 0.3 is 5.97 Å². The van der Waals surface area contributed by atoms with Crippen molar-refractivity contribution < 1.29 is 18.7 Å². The summed E-state index contributed by atoms with van der Waals surface area (Å²) in [5, 5.41) is 15.9. The molecule has 0 aliphatic carbocycles. The molecule has 0 aliphatic rings. The van der Waals surface area contributed by atoms with Crippen LogP contribution in [0.5, 0.6) is 0 Å². The van der Waals surface area contributed by atoms with Gasteiger partial charge in [0.2, 0.25) is 5.89 Å². The van der Waals surface area contributed by atoms with E-state index >= 15 is 0 Å². The Bertz CT molecular complexity index is 580. The number of nitrogens with zero attached hydrogens (tertiary/aromatic N) is 2. The lowest BCUT2D eigenvalue weighted by molar-refractivity contribution is -0.137. The van der Waals surface area contributed by atoms with Crippen LogP contribution in [-0.4, -0.2) is 21.3 Å². The van der Waals surface area contributed by atoms with Crippen LogP contribution in [0.4, 0.5) is 4.39 Å². The highest BCUT2D eigenvalue weighted by atomic mass is 19.1. The second kappa shape index (κ2) is 4.95. The molecule has 0 bridgehead atoms. The summed E-state index contributed by atoms with van der Waals surface area (Å²) in [6.45, 7) is 1.82. The molecule has 1 aromatic carbocycles. The number of hydrogen-bond donors (Lipinski definition) is 1. The maximum atomic E-state index is 13.6. The van der Waals surface area contributed by atoms with Crippen molar-refractivity contribution in [3.05, 3.63) is 35.5 Å². The molecule has 1 aromatic heterocycles. The molecule has 18 heavy (non-hydrogen) atoms. The fourth-order valence-electron chi connectivity index (χ4n) is 1.48. The predicted octanol–water partition coefficient (Wildman–Crippen LogP) is 2.20. The third-order valence-electron chi connectivity index (χ3n) is 2.37. The predicted molar refractivity (Wildman–Crippen MR) is 60.4 cm³/mol. The Kier molecular flexibility index (Phi) is 3.36. The molecule has 0 unspecified atom stereocenters. The summed E-state index contributed by atoms with van der Waals surface area (Å²) in [5.74, 6) is -1.14. The topological polar surface area (TPSA) is 76.2 Å².